The average molecular weight is 291 g/mol. The van der Waals surface area contributed by atoms with Gasteiger partial charge >= 0.3 is 0 Å². The number of rotatable bonds is 2. The van der Waals surface area contributed by atoms with Gasteiger partial charge in [0.2, 0.25) is 0 Å². The smallest absolute Gasteiger partial charge is 0.0698 e. The molecule has 0 aromatic heterocycles. The molecule has 1 aliphatic carbocycles. The largest absolute Gasteiger partial charge is 0.381 e. The second kappa shape index (κ2) is 6.00. The fourth-order valence-corrected chi connectivity index (χ4v) is 2.99. The molecule has 22 heavy (non-hydrogen) atoms. The van der Waals surface area contributed by atoms with Crippen LogP contribution in [0.1, 0.15) is 50.8 Å². The van der Waals surface area contributed by atoms with Gasteiger partial charge in [0.25, 0.3) is 0 Å². The molecule has 1 heterocycles. The highest BCUT2D eigenvalue weighted by molar-refractivity contribution is 5.68. The lowest BCUT2D eigenvalue weighted by Crippen LogP contribution is -2.20. The van der Waals surface area contributed by atoms with Crippen molar-refractivity contribution in [2.75, 3.05) is 0 Å². The van der Waals surface area contributed by atoms with Gasteiger partial charge in [-0.15, -0.1) is 0 Å². The van der Waals surface area contributed by atoms with Crippen molar-refractivity contribution in [3.8, 4) is 0 Å². The van der Waals surface area contributed by atoms with E-state index in [4.69, 9.17) is 0 Å². The molecule has 1 heteroatoms. The van der Waals surface area contributed by atoms with Crippen molar-refractivity contribution in [3.05, 3.63) is 77.5 Å². The Balaban J connectivity index is 1.90. The van der Waals surface area contributed by atoms with Crippen LogP contribution in [0.4, 0.5) is 0 Å². The summed E-state index contributed by atoms with van der Waals surface area (Å²) >= 11 is 0. The number of hydrogen-bond acceptors (Lipinski definition) is 1. The molecular weight excluding hydrogens is 266 g/mol. The standard InChI is InChI=1S/C21H25N/c1-21(2,3)19-12-13-22-20(15-19)18-11-7-10-17(14-18)16-8-5-4-6-9-16/h4-5,7-8,10-15,20,22H,6,9H2,1-3H3. The van der Waals surface area contributed by atoms with Crippen LogP contribution in [0.3, 0.4) is 0 Å². The maximum atomic E-state index is 3.48. The molecule has 1 atom stereocenters. The van der Waals surface area contributed by atoms with Crippen LogP contribution in [0.2, 0.25) is 0 Å². The van der Waals surface area contributed by atoms with Gasteiger partial charge in [0.05, 0.1) is 6.04 Å². The summed E-state index contributed by atoms with van der Waals surface area (Å²) in [4.78, 5) is 0. The Bertz CT molecular complexity index is 665. The van der Waals surface area contributed by atoms with E-state index in [0.29, 0.717) is 0 Å². The van der Waals surface area contributed by atoms with Crippen molar-refractivity contribution in [1.29, 1.82) is 0 Å². The first kappa shape index (κ1) is 14.9. The Hall–Kier alpha value is -2.02. The summed E-state index contributed by atoms with van der Waals surface area (Å²) in [6, 6.07) is 9.21. The van der Waals surface area contributed by atoms with Gasteiger partial charge in [0.15, 0.2) is 0 Å². The molecule has 114 valence electrons. The first-order valence-electron chi connectivity index (χ1n) is 8.15. The van der Waals surface area contributed by atoms with Crippen molar-refractivity contribution in [2.45, 2.75) is 39.7 Å². The third kappa shape index (κ3) is 3.24. The molecule has 0 radical (unpaired) electrons. The number of hydrogen-bond donors (Lipinski definition) is 1. The minimum absolute atomic E-state index is 0.186. The second-order valence-corrected chi connectivity index (χ2v) is 7.13. The molecular formula is C21H25N. The molecule has 0 spiro atoms. The normalized spacial score (nSPS) is 21.1. The quantitative estimate of drug-likeness (QED) is 0.753. The van der Waals surface area contributed by atoms with Gasteiger partial charge in [-0.1, -0.05) is 63.3 Å². The van der Waals surface area contributed by atoms with Crippen LogP contribution >= 0.6 is 0 Å². The second-order valence-electron chi connectivity index (χ2n) is 7.13. The molecule has 1 unspecified atom stereocenters. The van der Waals surface area contributed by atoms with Crippen molar-refractivity contribution < 1.29 is 0 Å². The zero-order chi connectivity index (χ0) is 15.6. The molecule has 0 bridgehead atoms. The lowest BCUT2D eigenvalue weighted by atomic mass is 9.83. The average Bonchev–Trinajstić information content (AvgIpc) is 2.55. The number of nitrogens with one attached hydrogen (secondary N) is 1. The van der Waals surface area contributed by atoms with Crippen molar-refractivity contribution in [3.63, 3.8) is 0 Å². The maximum absolute atomic E-state index is 3.48. The van der Waals surface area contributed by atoms with Crippen LogP contribution in [-0.2, 0) is 0 Å². The summed E-state index contributed by atoms with van der Waals surface area (Å²) in [5.74, 6) is 0. The third-order valence-corrected chi connectivity index (χ3v) is 4.38. The molecule has 0 amide bonds. The number of allylic oxidation sites excluding steroid dienone is 6. The van der Waals surface area contributed by atoms with E-state index in [0.717, 1.165) is 12.8 Å². The SMILES string of the molecule is CC(C)(C)C1=CC(c2cccc(C3=CC=CCC3)c2)NC=C1. The predicted octanol–water partition coefficient (Wildman–Crippen LogP) is 5.55. The molecule has 0 fully saturated rings. The Labute approximate surface area is 134 Å². The topological polar surface area (TPSA) is 12.0 Å². The van der Waals surface area contributed by atoms with E-state index in [2.05, 4.69) is 86.9 Å². The Kier molecular flexibility index (Phi) is 4.06. The van der Waals surface area contributed by atoms with E-state index < -0.39 is 0 Å². The van der Waals surface area contributed by atoms with Gasteiger partial charge in [0, 0.05) is 0 Å². The minimum Gasteiger partial charge on any atom is -0.381 e. The zero-order valence-electron chi connectivity index (χ0n) is 13.8. The highest BCUT2D eigenvalue weighted by Gasteiger charge is 2.20. The van der Waals surface area contributed by atoms with Gasteiger partial charge in [-0.05, 0) is 58.9 Å². The Morgan fingerprint density at radius 2 is 2.05 bits per heavy atom. The molecule has 1 N–H and O–H groups in total. The third-order valence-electron chi connectivity index (χ3n) is 4.38. The van der Waals surface area contributed by atoms with E-state index in [9.17, 15) is 0 Å². The van der Waals surface area contributed by atoms with Crippen LogP contribution in [-0.4, -0.2) is 0 Å². The van der Waals surface area contributed by atoms with Crippen molar-refractivity contribution in [1.82, 2.24) is 5.32 Å². The van der Waals surface area contributed by atoms with Gasteiger partial charge in [-0.25, -0.2) is 0 Å². The van der Waals surface area contributed by atoms with Crippen LogP contribution in [0.25, 0.3) is 5.57 Å². The zero-order valence-corrected chi connectivity index (χ0v) is 13.8. The van der Waals surface area contributed by atoms with E-state index in [1.54, 1.807) is 0 Å². The van der Waals surface area contributed by atoms with Gasteiger partial charge in [-0.3, -0.25) is 0 Å². The summed E-state index contributed by atoms with van der Waals surface area (Å²) in [7, 11) is 0. The summed E-state index contributed by atoms with van der Waals surface area (Å²) in [6.07, 6.45) is 15.6. The van der Waals surface area contributed by atoms with Gasteiger partial charge in [-0.2, -0.15) is 0 Å². The Morgan fingerprint density at radius 3 is 2.77 bits per heavy atom. The first-order chi connectivity index (χ1) is 10.5. The number of dihydropyridines is 1. The van der Waals surface area contributed by atoms with Crippen molar-refractivity contribution >= 4 is 5.57 Å². The summed E-state index contributed by atoms with van der Waals surface area (Å²) in [5.41, 5.74) is 5.70. The fourth-order valence-electron chi connectivity index (χ4n) is 2.99. The van der Waals surface area contributed by atoms with Gasteiger partial charge < -0.3 is 5.32 Å². The maximum Gasteiger partial charge on any atom is 0.0698 e. The first-order valence-corrected chi connectivity index (χ1v) is 8.15. The molecule has 0 saturated carbocycles. The predicted molar refractivity (Wildman–Crippen MR) is 95.3 cm³/mol. The van der Waals surface area contributed by atoms with Crippen LogP contribution in [0.5, 0.6) is 0 Å². The van der Waals surface area contributed by atoms with E-state index >= 15 is 0 Å². The molecule has 3 rings (SSSR count). The molecule has 1 aromatic rings. The summed E-state index contributed by atoms with van der Waals surface area (Å²) in [5, 5.41) is 3.48. The van der Waals surface area contributed by atoms with E-state index in [1.165, 1.54) is 22.3 Å². The monoisotopic (exact) mass is 291 g/mol. The van der Waals surface area contributed by atoms with Crippen molar-refractivity contribution in [2.24, 2.45) is 5.41 Å². The Morgan fingerprint density at radius 1 is 1.18 bits per heavy atom. The highest BCUT2D eigenvalue weighted by Crippen LogP contribution is 2.32. The van der Waals surface area contributed by atoms with E-state index in [1.807, 2.05) is 0 Å². The lowest BCUT2D eigenvalue weighted by molar-refractivity contribution is 0.505. The van der Waals surface area contributed by atoms with E-state index in [-0.39, 0.29) is 11.5 Å². The summed E-state index contributed by atoms with van der Waals surface area (Å²) in [6.45, 7) is 6.80. The molecule has 0 saturated heterocycles. The molecule has 1 aromatic carbocycles. The van der Waals surface area contributed by atoms with Gasteiger partial charge in [0.1, 0.15) is 0 Å². The van der Waals surface area contributed by atoms with Crippen LogP contribution in [0.15, 0.2) is 66.4 Å². The summed E-state index contributed by atoms with van der Waals surface area (Å²) < 4.78 is 0. The molecule has 2 aliphatic rings. The lowest BCUT2D eigenvalue weighted by Gasteiger charge is -2.27. The minimum atomic E-state index is 0.186. The molecule has 1 nitrogen and oxygen atoms in total. The molecule has 1 aliphatic heterocycles. The highest BCUT2D eigenvalue weighted by atomic mass is 14.9. The van der Waals surface area contributed by atoms with Crippen LogP contribution < -0.4 is 5.32 Å². The van der Waals surface area contributed by atoms with Crippen LogP contribution in [0, 0.1) is 5.41 Å². The number of benzene rings is 1. The fraction of sp³-hybridized carbons (Fsp3) is 0.333.